The lowest BCUT2D eigenvalue weighted by atomic mass is 10.2. The van der Waals surface area contributed by atoms with Crippen LogP contribution in [0.1, 0.15) is 5.56 Å². The smallest absolute Gasteiger partial charge is 0.0417 e. The third-order valence-corrected chi connectivity index (χ3v) is 3.99. The van der Waals surface area contributed by atoms with Crippen molar-refractivity contribution in [1.29, 1.82) is 0 Å². The van der Waals surface area contributed by atoms with E-state index in [0.29, 0.717) is 0 Å². The van der Waals surface area contributed by atoms with Gasteiger partial charge in [0.1, 0.15) is 0 Å². The Kier molecular flexibility index (Phi) is 4.95. The number of benzene rings is 2. The average Bonchev–Trinajstić information content (AvgIpc) is 2.33. The van der Waals surface area contributed by atoms with Gasteiger partial charge in [-0.1, -0.05) is 41.0 Å². The summed E-state index contributed by atoms with van der Waals surface area (Å²) in [5.74, 6) is 0. The first-order chi connectivity index (χ1) is 8.69. The van der Waals surface area contributed by atoms with Gasteiger partial charge in [0, 0.05) is 26.4 Å². The summed E-state index contributed by atoms with van der Waals surface area (Å²) in [5.41, 5.74) is 1.19. The molecule has 0 saturated heterocycles. The number of halogens is 2. The summed E-state index contributed by atoms with van der Waals surface area (Å²) >= 11 is 13.7. The molecule has 0 atom stereocenters. The van der Waals surface area contributed by atoms with Gasteiger partial charge in [-0.05, 0) is 49.0 Å². The lowest BCUT2D eigenvalue weighted by Gasteiger charge is -2.09. The predicted octanol–water partition coefficient (Wildman–Crippen LogP) is 4.86. The number of hydrogen-bond acceptors (Lipinski definition) is 2. The first-order valence-corrected chi connectivity index (χ1v) is 7.13. The SMILES string of the molecule is CNCc1cc(Cl)ccc1Sc1cccc(Cl)c1. The molecule has 0 aliphatic heterocycles. The van der Waals surface area contributed by atoms with Gasteiger partial charge in [0.15, 0.2) is 0 Å². The summed E-state index contributed by atoms with van der Waals surface area (Å²) in [6, 6.07) is 13.8. The second-order valence-corrected chi connectivity index (χ2v) is 5.83. The van der Waals surface area contributed by atoms with Crippen molar-refractivity contribution in [3.8, 4) is 0 Å². The van der Waals surface area contributed by atoms with Gasteiger partial charge in [0.25, 0.3) is 0 Å². The van der Waals surface area contributed by atoms with Crippen LogP contribution in [0.4, 0.5) is 0 Å². The van der Waals surface area contributed by atoms with Crippen LogP contribution in [0.25, 0.3) is 0 Å². The van der Waals surface area contributed by atoms with Crippen LogP contribution in [-0.4, -0.2) is 7.05 Å². The van der Waals surface area contributed by atoms with Crippen molar-refractivity contribution < 1.29 is 0 Å². The van der Waals surface area contributed by atoms with E-state index in [1.807, 2.05) is 49.5 Å². The standard InChI is InChI=1S/C14H13Cl2NS/c1-17-9-10-7-12(16)5-6-14(10)18-13-4-2-3-11(15)8-13/h2-8,17H,9H2,1H3. The van der Waals surface area contributed by atoms with Gasteiger partial charge in [-0.25, -0.2) is 0 Å². The van der Waals surface area contributed by atoms with E-state index in [1.165, 1.54) is 10.5 Å². The highest BCUT2D eigenvalue weighted by molar-refractivity contribution is 7.99. The predicted molar refractivity (Wildman–Crippen MR) is 79.8 cm³/mol. The van der Waals surface area contributed by atoms with Crippen LogP contribution in [0.5, 0.6) is 0 Å². The molecule has 94 valence electrons. The van der Waals surface area contributed by atoms with E-state index in [9.17, 15) is 0 Å². The van der Waals surface area contributed by atoms with Gasteiger partial charge < -0.3 is 5.32 Å². The van der Waals surface area contributed by atoms with Crippen molar-refractivity contribution in [1.82, 2.24) is 5.32 Å². The molecule has 4 heteroatoms. The van der Waals surface area contributed by atoms with Crippen molar-refractivity contribution >= 4 is 35.0 Å². The fourth-order valence-electron chi connectivity index (χ4n) is 1.63. The Morgan fingerprint density at radius 2 is 1.83 bits per heavy atom. The third-order valence-electron chi connectivity index (χ3n) is 2.41. The maximum Gasteiger partial charge on any atom is 0.0417 e. The van der Waals surface area contributed by atoms with Gasteiger partial charge in [0.05, 0.1) is 0 Å². The molecule has 18 heavy (non-hydrogen) atoms. The van der Waals surface area contributed by atoms with Crippen molar-refractivity contribution in [3.05, 3.63) is 58.1 Å². The third kappa shape index (κ3) is 3.66. The molecule has 2 aromatic rings. The molecule has 0 spiro atoms. The number of rotatable bonds is 4. The highest BCUT2D eigenvalue weighted by atomic mass is 35.5. The Labute approximate surface area is 121 Å². The molecule has 0 aliphatic carbocycles. The second kappa shape index (κ2) is 6.48. The Morgan fingerprint density at radius 3 is 2.56 bits per heavy atom. The fraction of sp³-hybridized carbons (Fsp3) is 0.143. The van der Waals surface area contributed by atoms with Crippen LogP contribution in [-0.2, 0) is 6.54 Å². The number of nitrogens with one attached hydrogen (secondary N) is 1. The molecule has 1 nitrogen and oxygen atoms in total. The van der Waals surface area contributed by atoms with Crippen LogP contribution >= 0.6 is 35.0 Å². The Bertz CT molecular complexity index is 543. The van der Waals surface area contributed by atoms with Crippen molar-refractivity contribution in [2.75, 3.05) is 7.05 Å². The minimum absolute atomic E-state index is 0.754. The molecule has 0 saturated carbocycles. The van der Waals surface area contributed by atoms with Crippen molar-refractivity contribution in [2.24, 2.45) is 0 Å². The first kappa shape index (κ1) is 13.8. The summed E-state index contributed by atoms with van der Waals surface area (Å²) < 4.78 is 0. The van der Waals surface area contributed by atoms with E-state index < -0.39 is 0 Å². The van der Waals surface area contributed by atoms with Crippen molar-refractivity contribution in [2.45, 2.75) is 16.3 Å². The molecule has 1 N–H and O–H groups in total. The van der Waals surface area contributed by atoms with Crippen LogP contribution in [0, 0.1) is 0 Å². The zero-order valence-electron chi connectivity index (χ0n) is 9.91. The van der Waals surface area contributed by atoms with Crippen LogP contribution in [0.15, 0.2) is 52.3 Å². The van der Waals surface area contributed by atoms with Gasteiger partial charge in [-0.3, -0.25) is 0 Å². The summed E-state index contributed by atoms with van der Waals surface area (Å²) in [6.07, 6.45) is 0. The minimum atomic E-state index is 0.754. The van der Waals surface area contributed by atoms with Gasteiger partial charge in [-0.15, -0.1) is 0 Å². The molecule has 0 heterocycles. The molecular weight excluding hydrogens is 285 g/mol. The zero-order valence-corrected chi connectivity index (χ0v) is 12.2. The normalized spacial score (nSPS) is 10.6. The molecule has 0 amide bonds. The summed E-state index contributed by atoms with van der Waals surface area (Å²) in [5, 5.41) is 4.66. The van der Waals surface area contributed by atoms with E-state index in [0.717, 1.165) is 21.5 Å². The minimum Gasteiger partial charge on any atom is -0.316 e. The van der Waals surface area contributed by atoms with Crippen LogP contribution < -0.4 is 5.32 Å². The second-order valence-electron chi connectivity index (χ2n) is 3.84. The van der Waals surface area contributed by atoms with Gasteiger partial charge >= 0.3 is 0 Å². The average molecular weight is 298 g/mol. The molecule has 0 fully saturated rings. The zero-order chi connectivity index (χ0) is 13.0. The highest BCUT2D eigenvalue weighted by Crippen LogP contribution is 2.33. The Balaban J connectivity index is 2.28. The molecule has 0 bridgehead atoms. The maximum absolute atomic E-state index is 6.02. The molecule has 0 radical (unpaired) electrons. The Hall–Kier alpha value is -0.670. The summed E-state index contributed by atoms with van der Waals surface area (Å²) in [7, 11) is 1.93. The van der Waals surface area contributed by atoms with Crippen LogP contribution in [0.2, 0.25) is 10.0 Å². The van der Waals surface area contributed by atoms with Gasteiger partial charge in [0.2, 0.25) is 0 Å². The first-order valence-electron chi connectivity index (χ1n) is 5.55. The largest absolute Gasteiger partial charge is 0.316 e. The molecular formula is C14H13Cl2NS. The Morgan fingerprint density at radius 1 is 1.06 bits per heavy atom. The van der Waals surface area contributed by atoms with E-state index >= 15 is 0 Å². The van der Waals surface area contributed by atoms with E-state index in [1.54, 1.807) is 11.8 Å². The van der Waals surface area contributed by atoms with E-state index in [2.05, 4.69) is 5.32 Å². The molecule has 0 unspecified atom stereocenters. The molecule has 2 aromatic carbocycles. The number of hydrogen-bond donors (Lipinski definition) is 1. The molecule has 2 rings (SSSR count). The van der Waals surface area contributed by atoms with Crippen molar-refractivity contribution in [3.63, 3.8) is 0 Å². The van der Waals surface area contributed by atoms with Gasteiger partial charge in [-0.2, -0.15) is 0 Å². The summed E-state index contributed by atoms with van der Waals surface area (Å²) in [6.45, 7) is 0.795. The van der Waals surface area contributed by atoms with Crippen LogP contribution in [0.3, 0.4) is 0 Å². The fourth-order valence-corrected chi connectivity index (χ4v) is 3.07. The lowest BCUT2D eigenvalue weighted by Crippen LogP contribution is -2.06. The summed E-state index contributed by atoms with van der Waals surface area (Å²) in [4.78, 5) is 2.32. The van der Waals surface area contributed by atoms with E-state index in [4.69, 9.17) is 23.2 Å². The maximum atomic E-state index is 6.02. The highest BCUT2D eigenvalue weighted by Gasteiger charge is 2.05. The van der Waals surface area contributed by atoms with E-state index in [-0.39, 0.29) is 0 Å². The monoisotopic (exact) mass is 297 g/mol. The topological polar surface area (TPSA) is 12.0 Å². The molecule has 0 aromatic heterocycles. The lowest BCUT2D eigenvalue weighted by molar-refractivity contribution is 0.803. The molecule has 0 aliphatic rings. The quantitative estimate of drug-likeness (QED) is 0.864.